The second-order valence-electron chi connectivity index (χ2n) is 8.25. The van der Waals surface area contributed by atoms with Crippen LogP contribution in [0.25, 0.3) is 0 Å². The van der Waals surface area contributed by atoms with Gasteiger partial charge in [-0.25, -0.2) is 0 Å². The molecule has 2 aromatic carbocycles. The maximum absolute atomic E-state index is 12.6. The number of rotatable bonds is 6. The minimum atomic E-state index is -0.139. The van der Waals surface area contributed by atoms with Crippen LogP contribution in [0, 0.1) is 0 Å². The van der Waals surface area contributed by atoms with Crippen LogP contribution in [0.1, 0.15) is 69.8 Å². The molecular formula is C33H39ClN2OS. The molecule has 4 rings (SSSR count). The summed E-state index contributed by atoms with van der Waals surface area (Å²) in [5.74, 6) is -0.139. The second kappa shape index (κ2) is 17.4. The number of benzene rings is 2. The molecule has 3 nitrogen and oxygen atoms in total. The normalized spacial score (nSPS) is 13.9. The number of halogens is 1. The Morgan fingerprint density at radius 1 is 1.13 bits per heavy atom. The maximum atomic E-state index is 12.6. The SMILES string of the molecule is C/C=C\C/C=C\CC.CC.CC1=Nc2cc(C(=O)NCc3ccccc3Cl)ccc2SC2=CCC=CC=C21. The zero-order valence-electron chi connectivity index (χ0n) is 23.1. The van der Waals surface area contributed by atoms with Crippen molar-refractivity contribution in [3.8, 4) is 0 Å². The number of carbonyl (C=O) groups excluding carboxylic acids is 1. The maximum Gasteiger partial charge on any atom is 0.251 e. The molecule has 1 aliphatic heterocycles. The van der Waals surface area contributed by atoms with E-state index in [2.05, 4.69) is 60.8 Å². The number of fused-ring (bicyclic) bond motifs is 2. The molecule has 2 aromatic rings. The Kier molecular flexibility index (Phi) is 14.3. The fraction of sp³-hybridized carbons (Fsp3) is 0.273. The molecule has 0 unspecified atom stereocenters. The Bertz CT molecular complexity index is 1250. The molecule has 2 aliphatic rings. The quantitative estimate of drug-likeness (QED) is 0.366. The Balaban J connectivity index is 0.000000437. The molecule has 5 heteroatoms. The van der Waals surface area contributed by atoms with Crippen LogP contribution in [-0.4, -0.2) is 11.6 Å². The minimum absolute atomic E-state index is 0.139. The van der Waals surface area contributed by atoms with Crippen molar-refractivity contribution in [3.05, 3.63) is 118 Å². The smallest absolute Gasteiger partial charge is 0.251 e. The van der Waals surface area contributed by atoms with Gasteiger partial charge < -0.3 is 5.32 Å². The summed E-state index contributed by atoms with van der Waals surface area (Å²) < 4.78 is 0. The van der Waals surface area contributed by atoms with E-state index in [0.29, 0.717) is 17.1 Å². The van der Waals surface area contributed by atoms with Gasteiger partial charge in [0.1, 0.15) is 0 Å². The Hall–Kier alpha value is -3.08. The van der Waals surface area contributed by atoms with E-state index in [1.165, 1.54) is 4.91 Å². The number of allylic oxidation sites excluding steroid dienone is 9. The van der Waals surface area contributed by atoms with Gasteiger partial charge in [-0.3, -0.25) is 9.79 Å². The summed E-state index contributed by atoms with van der Waals surface area (Å²) in [6, 6.07) is 13.2. The van der Waals surface area contributed by atoms with Crippen LogP contribution in [0.2, 0.25) is 5.02 Å². The van der Waals surface area contributed by atoms with Gasteiger partial charge in [0, 0.05) is 38.2 Å². The Labute approximate surface area is 238 Å². The van der Waals surface area contributed by atoms with E-state index in [1.54, 1.807) is 11.8 Å². The third kappa shape index (κ3) is 9.66. The van der Waals surface area contributed by atoms with Crippen molar-refractivity contribution in [2.75, 3.05) is 0 Å². The molecule has 1 heterocycles. The van der Waals surface area contributed by atoms with Crippen molar-refractivity contribution in [1.29, 1.82) is 0 Å². The van der Waals surface area contributed by atoms with Gasteiger partial charge in [0.05, 0.1) is 5.69 Å². The molecule has 0 aromatic heterocycles. The van der Waals surface area contributed by atoms with Gasteiger partial charge in [0.2, 0.25) is 0 Å². The van der Waals surface area contributed by atoms with Crippen LogP contribution in [0.3, 0.4) is 0 Å². The van der Waals surface area contributed by atoms with Gasteiger partial charge in [-0.15, -0.1) is 0 Å². The molecule has 0 saturated carbocycles. The van der Waals surface area contributed by atoms with E-state index in [-0.39, 0.29) is 5.91 Å². The minimum Gasteiger partial charge on any atom is -0.348 e. The van der Waals surface area contributed by atoms with Gasteiger partial charge in [-0.1, -0.05) is 111 Å². The highest BCUT2D eigenvalue weighted by molar-refractivity contribution is 8.03. The second-order valence-corrected chi connectivity index (χ2v) is 9.74. The van der Waals surface area contributed by atoms with Crippen molar-refractivity contribution in [2.45, 2.75) is 65.3 Å². The average molecular weight is 547 g/mol. The van der Waals surface area contributed by atoms with Crippen molar-refractivity contribution < 1.29 is 4.79 Å². The van der Waals surface area contributed by atoms with Gasteiger partial charge in [0.15, 0.2) is 0 Å². The first-order valence-electron chi connectivity index (χ1n) is 13.3. The van der Waals surface area contributed by atoms with Gasteiger partial charge in [-0.2, -0.15) is 0 Å². The molecule has 200 valence electrons. The highest BCUT2D eigenvalue weighted by atomic mass is 35.5. The number of nitrogens with one attached hydrogen (secondary N) is 1. The molecule has 0 bridgehead atoms. The molecular weight excluding hydrogens is 508 g/mol. The van der Waals surface area contributed by atoms with E-state index >= 15 is 0 Å². The standard InChI is InChI=1S/C23H19ClN2OS.C8H14.C2H6/c1-15-18-8-3-2-4-10-21(18)28-22-12-11-16(13-20(22)26-15)23(27)25-14-17-7-5-6-9-19(17)24;1-3-5-7-8-6-4-2;1-2/h2-3,5-13H,4,14H2,1H3,(H,25,27);3,5-6,8H,4,7H2,1-2H3;1-2H3/b;5-3-,8-6-;. The summed E-state index contributed by atoms with van der Waals surface area (Å²) in [7, 11) is 0. The van der Waals surface area contributed by atoms with E-state index in [1.807, 2.05) is 70.2 Å². The first-order valence-corrected chi connectivity index (χ1v) is 14.5. The van der Waals surface area contributed by atoms with Crippen LogP contribution >= 0.6 is 23.4 Å². The number of aliphatic imine (C=N–C) groups is 1. The Morgan fingerprint density at radius 2 is 1.92 bits per heavy atom. The first-order chi connectivity index (χ1) is 18.5. The lowest BCUT2D eigenvalue weighted by molar-refractivity contribution is 0.0951. The average Bonchev–Trinajstić information content (AvgIpc) is 3.25. The predicted octanol–water partition coefficient (Wildman–Crippen LogP) is 10.2. The van der Waals surface area contributed by atoms with E-state index in [9.17, 15) is 4.79 Å². The number of carbonyl (C=O) groups is 1. The van der Waals surface area contributed by atoms with Crippen molar-refractivity contribution >= 4 is 40.7 Å². The Morgan fingerprint density at radius 3 is 2.66 bits per heavy atom. The fourth-order valence-electron chi connectivity index (χ4n) is 3.59. The highest BCUT2D eigenvalue weighted by Crippen LogP contribution is 2.42. The number of nitrogens with zero attached hydrogens (tertiary/aromatic N) is 1. The topological polar surface area (TPSA) is 41.5 Å². The number of hydrogen-bond acceptors (Lipinski definition) is 3. The van der Waals surface area contributed by atoms with Crippen molar-refractivity contribution in [1.82, 2.24) is 5.32 Å². The molecule has 38 heavy (non-hydrogen) atoms. The highest BCUT2D eigenvalue weighted by Gasteiger charge is 2.19. The van der Waals surface area contributed by atoms with Crippen LogP contribution in [0.4, 0.5) is 5.69 Å². The molecule has 0 atom stereocenters. The van der Waals surface area contributed by atoms with Crippen LogP contribution in [0.5, 0.6) is 0 Å². The van der Waals surface area contributed by atoms with Gasteiger partial charge >= 0.3 is 0 Å². The molecule has 0 fully saturated rings. The predicted molar refractivity (Wildman–Crippen MR) is 168 cm³/mol. The summed E-state index contributed by atoms with van der Waals surface area (Å²) >= 11 is 7.87. The zero-order chi connectivity index (χ0) is 27.8. The van der Waals surface area contributed by atoms with Crippen LogP contribution in [-0.2, 0) is 6.54 Å². The van der Waals surface area contributed by atoms with E-state index in [0.717, 1.165) is 46.7 Å². The van der Waals surface area contributed by atoms with Crippen LogP contribution in [0.15, 0.2) is 111 Å². The molecule has 0 radical (unpaired) electrons. The van der Waals surface area contributed by atoms with Gasteiger partial charge in [0.25, 0.3) is 5.91 Å². The van der Waals surface area contributed by atoms with E-state index in [4.69, 9.17) is 16.6 Å². The third-order valence-corrected chi connectivity index (χ3v) is 7.07. The van der Waals surface area contributed by atoms with Crippen LogP contribution < -0.4 is 5.32 Å². The summed E-state index contributed by atoms with van der Waals surface area (Å²) in [4.78, 5) is 19.7. The lowest BCUT2D eigenvalue weighted by Gasteiger charge is -2.09. The zero-order valence-corrected chi connectivity index (χ0v) is 24.7. The molecule has 1 N–H and O–H groups in total. The number of amides is 1. The van der Waals surface area contributed by atoms with Crippen molar-refractivity contribution in [2.24, 2.45) is 4.99 Å². The number of hydrogen-bond donors (Lipinski definition) is 1. The lowest BCUT2D eigenvalue weighted by atomic mass is 10.1. The summed E-state index contributed by atoms with van der Waals surface area (Å²) in [5.41, 5.74) is 4.40. The summed E-state index contributed by atoms with van der Waals surface area (Å²) in [5, 5.41) is 3.59. The largest absolute Gasteiger partial charge is 0.348 e. The van der Waals surface area contributed by atoms with Gasteiger partial charge in [-0.05, 0) is 62.9 Å². The van der Waals surface area contributed by atoms with Crippen molar-refractivity contribution in [3.63, 3.8) is 0 Å². The first kappa shape index (κ1) is 31.1. The summed E-state index contributed by atoms with van der Waals surface area (Å²) in [6.07, 6.45) is 20.3. The number of thioether (sulfide) groups is 1. The monoisotopic (exact) mass is 546 g/mol. The molecule has 0 saturated heterocycles. The van der Waals surface area contributed by atoms with E-state index < -0.39 is 0 Å². The lowest BCUT2D eigenvalue weighted by Crippen LogP contribution is -2.22. The molecule has 1 aliphatic carbocycles. The molecule has 0 spiro atoms. The third-order valence-electron chi connectivity index (χ3n) is 5.53. The fourth-order valence-corrected chi connectivity index (χ4v) is 4.88. The summed E-state index contributed by atoms with van der Waals surface area (Å²) in [6.45, 7) is 10.6. The molecule has 1 amide bonds.